The van der Waals surface area contributed by atoms with E-state index in [0.29, 0.717) is 24.3 Å². The smallest absolute Gasteiger partial charge is 0.307 e. The van der Waals surface area contributed by atoms with Gasteiger partial charge in [-0.05, 0) is 24.1 Å². The molecule has 0 spiro atoms. The molecule has 0 heterocycles. The first kappa shape index (κ1) is 13.0. The molecule has 1 aromatic carbocycles. The van der Waals surface area contributed by atoms with Crippen LogP contribution in [0.5, 0.6) is 5.75 Å². The van der Waals surface area contributed by atoms with E-state index in [-0.39, 0.29) is 12.8 Å². The maximum Gasteiger partial charge on any atom is 0.307 e. The fraction of sp³-hybridized carbons (Fsp3) is 0.333. The van der Waals surface area contributed by atoms with Gasteiger partial charge in [-0.25, -0.2) is 0 Å². The van der Waals surface area contributed by atoms with Crippen molar-refractivity contribution in [3.05, 3.63) is 29.8 Å². The minimum absolute atomic E-state index is 0.0493. The molecule has 0 saturated carbocycles. The zero-order chi connectivity index (χ0) is 12.7. The molecule has 1 rings (SSSR count). The Kier molecular flexibility index (Phi) is 5.00. The Hall–Kier alpha value is -2.04. The minimum Gasteiger partial charge on any atom is -0.494 e. The topological polar surface area (TPSA) is 83.8 Å². The van der Waals surface area contributed by atoms with Crippen molar-refractivity contribution in [1.29, 1.82) is 0 Å². The number of rotatable bonds is 7. The van der Waals surface area contributed by atoms with Gasteiger partial charge in [0.05, 0.1) is 13.0 Å². The normalized spacial score (nSPS) is 9.88. The van der Waals surface area contributed by atoms with Crippen molar-refractivity contribution in [2.45, 2.75) is 19.3 Å². The Morgan fingerprint density at radius 3 is 2.59 bits per heavy atom. The van der Waals surface area contributed by atoms with E-state index < -0.39 is 11.9 Å². The zero-order valence-corrected chi connectivity index (χ0v) is 9.26. The van der Waals surface area contributed by atoms with Gasteiger partial charge in [0, 0.05) is 6.42 Å². The molecule has 0 aliphatic carbocycles. The third-order valence-electron chi connectivity index (χ3n) is 2.06. The lowest BCUT2D eigenvalue weighted by atomic mass is 10.1. The lowest BCUT2D eigenvalue weighted by Crippen LogP contribution is -2.03. The van der Waals surface area contributed by atoms with E-state index in [2.05, 4.69) is 0 Å². The molecule has 1 aromatic rings. The minimum atomic E-state index is -0.895. The first-order valence-electron chi connectivity index (χ1n) is 5.23. The summed E-state index contributed by atoms with van der Waals surface area (Å²) in [7, 11) is 0. The predicted octanol–water partition coefficient (Wildman–Crippen LogP) is 1.56. The number of benzene rings is 1. The number of carboxylic acid groups (broad SMARTS) is 2. The first-order chi connectivity index (χ1) is 8.08. The van der Waals surface area contributed by atoms with Gasteiger partial charge >= 0.3 is 11.9 Å². The summed E-state index contributed by atoms with van der Waals surface area (Å²) in [5.41, 5.74) is 0.660. The molecule has 0 amide bonds. The molecule has 0 fully saturated rings. The second-order valence-corrected chi connectivity index (χ2v) is 3.56. The molecule has 0 radical (unpaired) electrons. The molecule has 5 nitrogen and oxygen atoms in total. The number of hydrogen-bond acceptors (Lipinski definition) is 3. The average molecular weight is 238 g/mol. The quantitative estimate of drug-likeness (QED) is 0.704. The second-order valence-electron chi connectivity index (χ2n) is 3.56. The summed E-state index contributed by atoms with van der Waals surface area (Å²) in [5, 5.41) is 17.1. The van der Waals surface area contributed by atoms with Gasteiger partial charge in [-0.15, -0.1) is 0 Å². The highest BCUT2D eigenvalue weighted by molar-refractivity contribution is 5.70. The van der Waals surface area contributed by atoms with Crippen LogP contribution in [0, 0.1) is 0 Å². The van der Waals surface area contributed by atoms with Crippen LogP contribution in [0.1, 0.15) is 18.4 Å². The lowest BCUT2D eigenvalue weighted by Gasteiger charge is -2.06. The fourth-order valence-electron chi connectivity index (χ4n) is 1.33. The molecule has 0 saturated heterocycles. The molecule has 17 heavy (non-hydrogen) atoms. The summed E-state index contributed by atoms with van der Waals surface area (Å²) in [4.78, 5) is 20.8. The van der Waals surface area contributed by atoms with E-state index in [1.165, 1.54) is 0 Å². The highest BCUT2D eigenvalue weighted by Gasteiger charge is 2.02. The summed E-state index contributed by atoms with van der Waals surface area (Å²) in [6.45, 7) is 0.308. The van der Waals surface area contributed by atoms with Gasteiger partial charge in [-0.1, -0.05) is 12.1 Å². The molecule has 0 bridgehead atoms. The van der Waals surface area contributed by atoms with Crippen molar-refractivity contribution >= 4 is 11.9 Å². The van der Waals surface area contributed by atoms with Gasteiger partial charge in [0.2, 0.25) is 0 Å². The molecule has 92 valence electrons. The van der Waals surface area contributed by atoms with E-state index in [1.54, 1.807) is 24.3 Å². The monoisotopic (exact) mass is 238 g/mol. The van der Waals surface area contributed by atoms with Gasteiger partial charge in [-0.2, -0.15) is 0 Å². The molecule has 0 unspecified atom stereocenters. The molecule has 5 heteroatoms. The van der Waals surface area contributed by atoms with Gasteiger partial charge < -0.3 is 14.9 Å². The predicted molar refractivity (Wildman–Crippen MR) is 60.1 cm³/mol. The van der Waals surface area contributed by atoms with Crippen molar-refractivity contribution in [1.82, 2.24) is 0 Å². The molecule has 0 aromatic heterocycles. The molecule has 0 aliphatic rings. The highest BCUT2D eigenvalue weighted by Crippen LogP contribution is 2.14. The van der Waals surface area contributed by atoms with Crippen LogP contribution in [0.15, 0.2) is 24.3 Å². The lowest BCUT2D eigenvalue weighted by molar-refractivity contribution is -0.137. The Labute approximate surface area is 98.6 Å². The van der Waals surface area contributed by atoms with Crippen molar-refractivity contribution in [3.63, 3.8) is 0 Å². The Morgan fingerprint density at radius 2 is 1.94 bits per heavy atom. The summed E-state index contributed by atoms with van der Waals surface area (Å²) in [6.07, 6.45) is 0.444. The maximum absolute atomic E-state index is 10.5. The average Bonchev–Trinajstić information content (AvgIpc) is 2.24. The van der Waals surface area contributed by atoms with E-state index >= 15 is 0 Å². The molecule has 0 atom stereocenters. The zero-order valence-electron chi connectivity index (χ0n) is 9.26. The van der Waals surface area contributed by atoms with Crippen LogP contribution < -0.4 is 4.74 Å². The molecule has 0 aliphatic heterocycles. The van der Waals surface area contributed by atoms with Crippen LogP contribution in [0.4, 0.5) is 0 Å². The third kappa shape index (κ3) is 5.55. The van der Waals surface area contributed by atoms with E-state index in [9.17, 15) is 9.59 Å². The second kappa shape index (κ2) is 6.52. The van der Waals surface area contributed by atoms with E-state index in [1.807, 2.05) is 0 Å². The number of carbonyl (C=O) groups is 2. The number of aliphatic carboxylic acids is 2. The Bertz CT molecular complexity index is 400. The van der Waals surface area contributed by atoms with Crippen LogP contribution in [-0.2, 0) is 16.0 Å². The molecule has 2 N–H and O–H groups in total. The van der Waals surface area contributed by atoms with Crippen LogP contribution in [0.3, 0.4) is 0 Å². The largest absolute Gasteiger partial charge is 0.494 e. The summed E-state index contributed by atoms with van der Waals surface area (Å²) >= 11 is 0. The van der Waals surface area contributed by atoms with Crippen LogP contribution >= 0.6 is 0 Å². The van der Waals surface area contributed by atoms with Crippen LogP contribution in [0.25, 0.3) is 0 Å². The number of hydrogen-bond donors (Lipinski definition) is 2. The summed E-state index contributed by atoms with van der Waals surface area (Å²) < 4.78 is 5.32. The van der Waals surface area contributed by atoms with Crippen molar-refractivity contribution in [2.24, 2.45) is 0 Å². The van der Waals surface area contributed by atoms with Crippen molar-refractivity contribution in [3.8, 4) is 5.75 Å². The third-order valence-corrected chi connectivity index (χ3v) is 2.06. The van der Waals surface area contributed by atoms with Gasteiger partial charge in [-0.3, -0.25) is 9.59 Å². The summed E-state index contributed by atoms with van der Waals surface area (Å²) in [5.74, 6) is -1.18. The SMILES string of the molecule is O=C(O)CCCOc1cccc(CC(=O)O)c1. The van der Waals surface area contributed by atoms with Gasteiger partial charge in [0.25, 0.3) is 0 Å². The highest BCUT2D eigenvalue weighted by atomic mass is 16.5. The maximum atomic E-state index is 10.5. The number of carboxylic acids is 2. The Balaban J connectivity index is 2.42. The van der Waals surface area contributed by atoms with Crippen molar-refractivity contribution < 1.29 is 24.5 Å². The van der Waals surface area contributed by atoms with E-state index in [0.717, 1.165) is 0 Å². The van der Waals surface area contributed by atoms with Gasteiger partial charge in [0.15, 0.2) is 0 Å². The Morgan fingerprint density at radius 1 is 1.18 bits per heavy atom. The van der Waals surface area contributed by atoms with Crippen LogP contribution in [-0.4, -0.2) is 28.8 Å². The fourth-order valence-corrected chi connectivity index (χ4v) is 1.33. The van der Waals surface area contributed by atoms with Crippen molar-refractivity contribution in [2.75, 3.05) is 6.61 Å². The number of ether oxygens (including phenoxy) is 1. The van der Waals surface area contributed by atoms with Gasteiger partial charge in [0.1, 0.15) is 5.75 Å². The van der Waals surface area contributed by atoms with Crippen LogP contribution in [0.2, 0.25) is 0 Å². The van der Waals surface area contributed by atoms with E-state index in [4.69, 9.17) is 14.9 Å². The molecular formula is C12H14O5. The standard InChI is InChI=1S/C12H14O5/c13-11(14)5-2-6-17-10-4-1-3-9(7-10)8-12(15)16/h1,3-4,7H,2,5-6,8H2,(H,13,14)(H,15,16). The summed E-state index contributed by atoms with van der Waals surface area (Å²) in [6, 6.07) is 6.78. The first-order valence-corrected chi connectivity index (χ1v) is 5.23. The molecular weight excluding hydrogens is 224 g/mol.